The molecule has 3 nitrogen and oxygen atoms in total. The first-order valence-electron chi connectivity index (χ1n) is 18.1. The van der Waals surface area contributed by atoms with Gasteiger partial charge in [-0.15, -0.1) is 22.7 Å². The molecule has 53 heavy (non-hydrogen) atoms. The zero-order valence-corrected chi connectivity index (χ0v) is 30.5. The molecule has 3 aromatic heterocycles. The van der Waals surface area contributed by atoms with Crippen molar-refractivity contribution in [2.75, 3.05) is 9.80 Å². The van der Waals surface area contributed by atoms with E-state index < -0.39 is 0 Å². The van der Waals surface area contributed by atoms with Gasteiger partial charge in [0.05, 0.1) is 11.4 Å². The van der Waals surface area contributed by atoms with Crippen molar-refractivity contribution in [3.8, 4) is 11.1 Å². The Hall–Kier alpha value is -6.08. The second kappa shape index (κ2) is 11.0. The van der Waals surface area contributed by atoms with Crippen LogP contribution >= 0.6 is 22.7 Å². The average molecular weight is 712 g/mol. The lowest BCUT2D eigenvalue weighted by Gasteiger charge is -2.42. The Morgan fingerprint density at radius 2 is 1.02 bits per heavy atom. The largest absolute Gasteiger partial charge is 0.344 e. The van der Waals surface area contributed by atoms with Crippen LogP contribution in [0.15, 0.2) is 164 Å². The van der Waals surface area contributed by atoms with Crippen LogP contribution in [0.25, 0.3) is 53.1 Å². The third-order valence-electron chi connectivity index (χ3n) is 11.4. The highest BCUT2D eigenvalue weighted by Gasteiger charge is 2.46. The summed E-state index contributed by atoms with van der Waals surface area (Å²) in [4.78, 5) is 5.09. The molecule has 5 heterocycles. The lowest BCUT2D eigenvalue weighted by atomic mass is 9.39. The zero-order valence-electron chi connectivity index (χ0n) is 28.8. The number of aryl methyl sites for hydroxylation is 1. The van der Waals surface area contributed by atoms with Crippen LogP contribution in [-0.2, 0) is 7.05 Å². The summed E-state index contributed by atoms with van der Waals surface area (Å²) in [6.07, 6.45) is 0. The topological polar surface area (TPSA) is 11.4 Å². The number of aromatic nitrogens is 1. The van der Waals surface area contributed by atoms with Crippen LogP contribution in [0.1, 0.15) is 0 Å². The Bertz CT molecular complexity index is 3120. The molecule has 0 saturated carbocycles. The van der Waals surface area contributed by atoms with Crippen LogP contribution < -0.4 is 24.8 Å². The number of benzene rings is 7. The fourth-order valence-corrected chi connectivity index (χ4v) is 11.9. The molecule has 7 aromatic carbocycles. The summed E-state index contributed by atoms with van der Waals surface area (Å²) in [6.45, 7) is 0.129. The van der Waals surface area contributed by atoms with Gasteiger partial charge in [0.15, 0.2) is 0 Å². The van der Waals surface area contributed by atoms with Gasteiger partial charge in [0.2, 0.25) is 0 Å². The maximum atomic E-state index is 2.57. The maximum Gasteiger partial charge on any atom is 0.277 e. The molecule has 0 radical (unpaired) electrons. The Balaban J connectivity index is 1.15. The Morgan fingerprint density at radius 3 is 1.74 bits per heavy atom. The van der Waals surface area contributed by atoms with Crippen molar-refractivity contribution in [2.45, 2.75) is 0 Å². The summed E-state index contributed by atoms with van der Waals surface area (Å²) in [6, 6.07) is 60.5. The third kappa shape index (κ3) is 4.00. The van der Waals surface area contributed by atoms with Crippen molar-refractivity contribution in [1.29, 1.82) is 0 Å². The summed E-state index contributed by atoms with van der Waals surface area (Å²) >= 11 is 3.91. The fourth-order valence-electron chi connectivity index (χ4n) is 9.18. The molecule has 10 aromatic rings. The van der Waals surface area contributed by atoms with Gasteiger partial charge in [-0.05, 0) is 77.3 Å². The van der Waals surface area contributed by atoms with Crippen LogP contribution in [0.4, 0.5) is 34.1 Å². The molecule has 0 amide bonds. The van der Waals surface area contributed by atoms with Gasteiger partial charge in [0, 0.05) is 81.3 Å². The minimum atomic E-state index is 0.129. The molecule has 0 saturated heterocycles. The van der Waals surface area contributed by atoms with Crippen molar-refractivity contribution in [3.63, 3.8) is 0 Å². The van der Waals surface area contributed by atoms with Crippen LogP contribution in [-0.4, -0.2) is 11.3 Å². The number of para-hydroxylation sites is 2. The highest BCUT2D eigenvalue weighted by Crippen LogP contribution is 2.50. The van der Waals surface area contributed by atoms with Gasteiger partial charge in [-0.25, -0.2) is 0 Å². The monoisotopic (exact) mass is 711 g/mol. The number of thiophene rings is 2. The van der Waals surface area contributed by atoms with E-state index in [-0.39, 0.29) is 6.71 Å². The van der Waals surface area contributed by atoms with E-state index in [0.717, 1.165) is 0 Å². The molecule has 0 bridgehead atoms. The van der Waals surface area contributed by atoms with Crippen molar-refractivity contribution in [2.24, 2.45) is 7.05 Å². The van der Waals surface area contributed by atoms with Crippen molar-refractivity contribution < 1.29 is 0 Å². The molecule has 2 aliphatic rings. The summed E-state index contributed by atoms with van der Waals surface area (Å²) in [5.41, 5.74) is 13.8. The SMILES string of the molecule is Cn1c2ccccc2c2c(-c3cccc(N4c5cccc6c5B(c5sc7ccccc7c5N6c5ccccc5)c5sc6ccccc6c54)c3)cccc21. The van der Waals surface area contributed by atoms with E-state index in [1.807, 2.05) is 22.7 Å². The molecule has 0 N–H and O–H groups in total. The Morgan fingerprint density at radius 1 is 0.472 bits per heavy atom. The minimum absolute atomic E-state index is 0.129. The summed E-state index contributed by atoms with van der Waals surface area (Å²) < 4.78 is 7.80. The smallest absolute Gasteiger partial charge is 0.277 e. The molecular weight excluding hydrogens is 681 g/mol. The number of nitrogens with zero attached hydrogens (tertiary/aromatic N) is 3. The molecule has 6 heteroatoms. The first kappa shape index (κ1) is 29.5. The second-order valence-electron chi connectivity index (χ2n) is 14.1. The standard InChI is InChI=1S/C47H30BN3S2/c1-49-36-22-8-5-18-33(36)42-32(21-12-23-37(42)49)29-14-11-17-31(28-29)51-39-25-13-24-38-43(39)48(47-45(51)35-20-7-10-27-41(35)53-47)46-44(34-19-6-9-26-40(34)52-46)50(38)30-15-3-2-4-16-30/h2-28H,1H3. The van der Waals surface area contributed by atoms with E-state index in [2.05, 4.69) is 185 Å². The summed E-state index contributed by atoms with van der Waals surface area (Å²) in [7, 11) is 2.18. The Kier molecular flexibility index (Phi) is 6.10. The summed E-state index contributed by atoms with van der Waals surface area (Å²) in [5, 5.41) is 5.21. The molecule has 0 aliphatic carbocycles. The second-order valence-corrected chi connectivity index (χ2v) is 16.3. The van der Waals surface area contributed by atoms with E-state index in [4.69, 9.17) is 0 Å². The van der Waals surface area contributed by atoms with Gasteiger partial charge >= 0.3 is 0 Å². The maximum absolute atomic E-state index is 2.57. The number of anilines is 6. The average Bonchev–Trinajstić information content (AvgIpc) is 3.88. The van der Waals surface area contributed by atoms with E-state index in [1.54, 1.807) is 0 Å². The molecule has 0 atom stereocenters. The predicted octanol–water partition coefficient (Wildman–Crippen LogP) is 11.5. The summed E-state index contributed by atoms with van der Waals surface area (Å²) in [5.74, 6) is 0. The van der Waals surface area contributed by atoms with Gasteiger partial charge in [-0.2, -0.15) is 0 Å². The van der Waals surface area contributed by atoms with E-state index in [9.17, 15) is 0 Å². The normalized spacial score (nSPS) is 13.3. The highest BCUT2D eigenvalue weighted by atomic mass is 32.1. The molecular formula is C47H30BN3S2. The lowest BCUT2D eigenvalue weighted by molar-refractivity contribution is 1.01. The van der Waals surface area contributed by atoms with E-state index in [1.165, 1.54) is 102 Å². The molecule has 0 spiro atoms. The van der Waals surface area contributed by atoms with E-state index >= 15 is 0 Å². The van der Waals surface area contributed by atoms with Crippen LogP contribution in [0.2, 0.25) is 0 Å². The van der Waals surface area contributed by atoms with Gasteiger partial charge in [-0.3, -0.25) is 0 Å². The number of hydrogen-bond acceptors (Lipinski definition) is 4. The number of rotatable bonds is 3. The molecule has 248 valence electrons. The lowest BCUT2D eigenvalue weighted by Crippen LogP contribution is -2.59. The number of fused-ring (bicyclic) bond motifs is 11. The van der Waals surface area contributed by atoms with Crippen LogP contribution in [0.3, 0.4) is 0 Å². The number of hydrogen-bond donors (Lipinski definition) is 0. The predicted molar refractivity (Wildman–Crippen MR) is 231 cm³/mol. The third-order valence-corrected chi connectivity index (χ3v) is 13.8. The first-order valence-corrected chi connectivity index (χ1v) is 19.8. The molecule has 0 unspecified atom stereocenters. The van der Waals surface area contributed by atoms with Gasteiger partial charge in [0.1, 0.15) is 0 Å². The minimum Gasteiger partial charge on any atom is -0.344 e. The Labute approximate surface area is 315 Å². The van der Waals surface area contributed by atoms with E-state index in [0.29, 0.717) is 0 Å². The molecule has 0 fully saturated rings. The van der Waals surface area contributed by atoms with Crippen LogP contribution in [0, 0.1) is 0 Å². The van der Waals surface area contributed by atoms with Gasteiger partial charge in [-0.1, -0.05) is 103 Å². The zero-order chi connectivity index (χ0) is 34.8. The highest BCUT2D eigenvalue weighted by molar-refractivity contribution is 7.40. The van der Waals surface area contributed by atoms with Crippen molar-refractivity contribution in [3.05, 3.63) is 164 Å². The van der Waals surface area contributed by atoms with Gasteiger partial charge < -0.3 is 14.4 Å². The molecule has 2 aliphatic heterocycles. The quantitative estimate of drug-likeness (QED) is 0.169. The first-order chi connectivity index (χ1) is 26.2. The van der Waals surface area contributed by atoms with Crippen LogP contribution in [0.5, 0.6) is 0 Å². The fraction of sp³-hybridized carbons (Fsp3) is 0.0213. The van der Waals surface area contributed by atoms with Gasteiger partial charge in [0.25, 0.3) is 6.71 Å². The van der Waals surface area contributed by atoms with Crippen molar-refractivity contribution >= 4 is 121 Å². The molecule has 12 rings (SSSR count). The van der Waals surface area contributed by atoms with Crippen molar-refractivity contribution in [1.82, 2.24) is 4.57 Å².